The van der Waals surface area contributed by atoms with Crippen molar-refractivity contribution in [3.8, 4) is 11.5 Å². The van der Waals surface area contributed by atoms with Gasteiger partial charge in [-0.3, -0.25) is 4.79 Å². The molecule has 0 radical (unpaired) electrons. The van der Waals surface area contributed by atoms with Gasteiger partial charge in [-0.1, -0.05) is 18.7 Å². The number of likely N-dealkylation sites (tertiary alicyclic amines) is 1. The third kappa shape index (κ3) is 6.96. The van der Waals surface area contributed by atoms with Crippen LogP contribution in [0.2, 0.25) is 0 Å². The van der Waals surface area contributed by atoms with E-state index in [4.69, 9.17) is 9.47 Å². The predicted molar refractivity (Wildman–Crippen MR) is 103 cm³/mol. The van der Waals surface area contributed by atoms with Crippen LogP contribution in [0.5, 0.6) is 11.5 Å². The molecule has 140 valence electrons. The highest BCUT2D eigenvalue weighted by atomic mass is 35.5. The maximum Gasteiger partial charge on any atom is 0.222 e. The minimum absolute atomic E-state index is 0. The lowest BCUT2D eigenvalue weighted by Crippen LogP contribution is -2.28. The van der Waals surface area contributed by atoms with Crippen molar-refractivity contribution in [2.45, 2.75) is 32.7 Å². The van der Waals surface area contributed by atoms with E-state index in [0.29, 0.717) is 25.5 Å². The van der Waals surface area contributed by atoms with Crippen LogP contribution in [0.4, 0.5) is 0 Å². The first-order chi connectivity index (χ1) is 11.7. The molecule has 2 rings (SSSR count). The van der Waals surface area contributed by atoms with Gasteiger partial charge in [0.2, 0.25) is 5.91 Å². The number of nitrogens with one attached hydrogen (secondary N) is 1. The SMILES string of the molecule is C=CCOc1ccc(CNCCCN2CCCC2=O)cc1OCC.Cl. The van der Waals surface area contributed by atoms with Crippen molar-refractivity contribution in [1.29, 1.82) is 0 Å². The number of halogens is 1. The van der Waals surface area contributed by atoms with Gasteiger partial charge in [0.15, 0.2) is 11.5 Å². The summed E-state index contributed by atoms with van der Waals surface area (Å²) in [5.74, 6) is 1.81. The molecule has 1 N–H and O–H groups in total. The van der Waals surface area contributed by atoms with Gasteiger partial charge in [0, 0.05) is 26.1 Å². The van der Waals surface area contributed by atoms with Gasteiger partial charge >= 0.3 is 0 Å². The summed E-state index contributed by atoms with van der Waals surface area (Å²) in [4.78, 5) is 13.5. The molecular weight excluding hydrogens is 340 g/mol. The number of hydrogen-bond acceptors (Lipinski definition) is 4. The lowest BCUT2D eigenvalue weighted by atomic mass is 10.2. The lowest BCUT2D eigenvalue weighted by molar-refractivity contribution is -0.127. The lowest BCUT2D eigenvalue weighted by Gasteiger charge is -2.15. The van der Waals surface area contributed by atoms with Crippen LogP contribution in [-0.2, 0) is 11.3 Å². The number of rotatable bonds is 11. The molecule has 1 aromatic carbocycles. The van der Waals surface area contributed by atoms with E-state index >= 15 is 0 Å². The third-order valence-corrected chi connectivity index (χ3v) is 3.95. The summed E-state index contributed by atoms with van der Waals surface area (Å²) < 4.78 is 11.3. The van der Waals surface area contributed by atoms with Gasteiger partial charge < -0.3 is 19.7 Å². The summed E-state index contributed by atoms with van der Waals surface area (Å²) in [5, 5.41) is 3.42. The summed E-state index contributed by atoms with van der Waals surface area (Å²) in [7, 11) is 0. The first-order valence-corrected chi connectivity index (χ1v) is 8.72. The zero-order valence-corrected chi connectivity index (χ0v) is 15.8. The maximum absolute atomic E-state index is 11.5. The van der Waals surface area contributed by atoms with Crippen LogP contribution in [-0.4, -0.2) is 43.7 Å². The second-order valence-corrected chi connectivity index (χ2v) is 5.83. The van der Waals surface area contributed by atoms with Gasteiger partial charge in [0.1, 0.15) is 6.61 Å². The molecule has 0 atom stereocenters. The summed E-state index contributed by atoms with van der Waals surface area (Å²) in [6.45, 7) is 10.1. The minimum Gasteiger partial charge on any atom is -0.490 e. The first-order valence-electron chi connectivity index (χ1n) is 8.72. The fourth-order valence-corrected chi connectivity index (χ4v) is 2.77. The van der Waals surface area contributed by atoms with Gasteiger partial charge in [-0.15, -0.1) is 12.4 Å². The fourth-order valence-electron chi connectivity index (χ4n) is 2.77. The van der Waals surface area contributed by atoms with Crippen LogP contribution >= 0.6 is 12.4 Å². The van der Waals surface area contributed by atoms with E-state index in [0.717, 1.165) is 56.1 Å². The van der Waals surface area contributed by atoms with Gasteiger partial charge in [0.05, 0.1) is 6.61 Å². The van der Waals surface area contributed by atoms with Crippen LogP contribution in [0.3, 0.4) is 0 Å². The molecule has 0 unspecified atom stereocenters. The van der Waals surface area contributed by atoms with Crippen LogP contribution in [0.1, 0.15) is 31.7 Å². The Morgan fingerprint density at radius 3 is 2.84 bits per heavy atom. The molecular formula is C19H29ClN2O3. The Morgan fingerprint density at radius 2 is 2.16 bits per heavy atom. The first kappa shape index (κ1) is 21.3. The fraction of sp³-hybridized carbons (Fsp3) is 0.526. The zero-order chi connectivity index (χ0) is 17.2. The van der Waals surface area contributed by atoms with E-state index in [1.807, 2.05) is 30.0 Å². The topological polar surface area (TPSA) is 50.8 Å². The van der Waals surface area contributed by atoms with Crippen molar-refractivity contribution >= 4 is 18.3 Å². The summed E-state index contributed by atoms with van der Waals surface area (Å²) in [6.07, 6.45) is 4.42. The van der Waals surface area contributed by atoms with Gasteiger partial charge in [-0.2, -0.15) is 0 Å². The molecule has 0 saturated carbocycles. The number of carbonyl (C=O) groups is 1. The monoisotopic (exact) mass is 368 g/mol. The molecule has 6 heteroatoms. The summed E-state index contributed by atoms with van der Waals surface area (Å²) in [6, 6.07) is 5.99. The smallest absolute Gasteiger partial charge is 0.222 e. The van der Waals surface area contributed by atoms with Crippen molar-refractivity contribution in [3.63, 3.8) is 0 Å². The summed E-state index contributed by atoms with van der Waals surface area (Å²) >= 11 is 0. The van der Waals surface area contributed by atoms with E-state index in [9.17, 15) is 4.79 Å². The van der Waals surface area contributed by atoms with Crippen LogP contribution < -0.4 is 14.8 Å². The number of benzene rings is 1. The Morgan fingerprint density at radius 1 is 1.32 bits per heavy atom. The Hall–Kier alpha value is -1.72. The Kier molecular flexibility index (Phi) is 10.0. The molecule has 0 aliphatic carbocycles. The highest BCUT2D eigenvalue weighted by Gasteiger charge is 2.18. The van der Waals surface area contributed by atoms with E-state index in [2.05, 4.69) is 11.9 Å². The molecule has 0 aromatic heterocycles. The zero-order valence-electron chi connectivity index (χ0n) is 15.0. The number of hydrogen-bond donors (Lipinski definition) is 1. The Labute approximate surface area is 156 Å². The molecule has 1 heterocycles. The van der Waals surface area contributed by atoms with Crippen molar-refractivity contribution in [2.75, 3.05) is 32.8 Å². The van der Waals surface area contributed by atoms with E-state index in [1.54, 1.807) is 6.08 Å². The largest absolute Gasteiger partial charge is 0.490 e. The van der Waals surface area contributed by atoms with Gasteiger partial charge in [0.25, 0.3) is 0 Å². The van der Waals surface area contributed by atoms with Crippen LogP contribution in [0.25, 0.3) is 0 Å². The molecule has 1 fully saturated rings. The number of amides is 1. The normalized spacial score (nSPS) is 13.5. The van der Waals surface area contributed by atoms with Crippen molar-refractivity contribution in [3.05, 3.63) is 36.4 Å². The molecule has 0 spiro atoms. The molecule has 1 aliphatic heterocycles. The average molecular weight is 369 g/mol. The highest BCUT2D eigenvalue weighted by molar-refractivity contribution is 5.85. The Bertz CT molecular complexity index is 551. The Balaban J connectivity index is 0.00000312. The molecule has 1 aromatic rings. The molecule has 5 nitrogen and oxygen atoms in total. The maximum atomic E-state index is 11.5. The van der Waals surface area contributed by atoms with Crippen LogP contribution in [0, 0.1) is 0 Å². The van der Waals surface area contributed by atoms with Gasteiger partial charge in [-0.05, 0) is 44.0 Å². The number of carbonyl (C=O) groups excluding carboxylic acids is 1. The highest BCUT2D eigenvalue weighted by Crippen LogP contribution is 2.28. The predicted octanol–water partition coefficient (Wildman–Crippen LogP) is 3.17. The minimum atomic E-state index is 0. The molecule has 25 heavy (non-hydrogen) atoms. The van der Waals surface area contributed by atoms with Crippen molar-refractivity contribution in [2.24, 2.45) is 0 Å². The number of nitrogens with zero attached hydrogens (tertiary/aromatic N) is 1. The van der Waals surface area contributed by atoms with Crippen molar-refractivity contribution in [1.82, 2.24) is 10.2 Å². The molecule has 1 aliphatic rings. The second kappa shape index (κ2) is 11.8. The van der Waals surface area contributed by atoms with E-state index in [-0.39, 0.29) is 12.4 Å². The summed E-state index contributed by atoms with van der Waals surface area (Å²) in [5.41, 5.74) is 1.15. The van der Waals surface area contributed by atoms with Gasteiger partial charge in [-0.25, -0.2) is 0 Å². The van der Waals surface area contributed by atoms with Crippen molar-refractivity contribution < 1.29 is 14.3 Å². The standard InChI is InChI=1S/C19H28N2O3.ClH/c1-3-13-24-17-9-8-16(14-18(17)23-4-2)15-20-10-6-12-21-11-5-7-19(21)22;/h3,8-9,14,20H,1,4-7,10-13,15H2,2H3;1H. The average Bonchev–Trinajstić information content (AvgIpc) is 2.99. The number of ether oxygens (including phenoxy) is 2. The molecule has 0 bridgehead atoms. The quantitative estimate of drug-likeness (QED) is 0.481. The second-order valence-electron chi connectivity index (χ2n) is 5.83. The molecule has 1 amide bonds. The third-order valence-electron chi connectivity index (χ3n) is 3.95. The van der Waals surface area contributed by atoms with E-state index in [1.165, 1.54) is 0 Å². The molecule has 1 saturated heterocycles. The van der Waals surface area contributed by atoms with Crippen LogP contribution in [0.15, 0.2) is 30.9 Å². The van der Waals surface area contributed by atoms with E-state index < -0.39 is 0 Å².